The van der Waals surface area contributed by atoms with Crippen molar-refractivity contribution in [3.05, 3.63) is 48.2 Å². The van der Waals surface area contributed by atoms with Gasteiger partial charge in [0, 0.05) is 31.9 Å². The summed E-state index contributed by atoms with van der Waals surface area (Å²) in [4.78, 5) is 4.15. The molecule has 1 N–H and O–H groups in total. The van der Waals surface area contributed by atoms with Crippen LogP contribution in [0, 0.1) is 0 Å². The average Bonchev–Trinajstić information content (AvgIpc) is 2.68. The summed E-state index contributed by atoms with van der Waals surface area (Å²) < 4.78 is 44.5. The van der Waals surface area contributed by atoms with Crippen molar-refractivity contribution in [3.8, 4) is 17.4 Å². The lowest BCUT2D eigenvalue weighted by atomic mass is 10.3. The number of nitrogens with zero attached hydrogens (tertiary/aromatic N) is 2. The third kappa shape index (κ3) is 4.92. The van der Waals surface area contributed by atoms with Crippen molar-refractivity contribution in [3.63, 3.8) is 0 Å². The van der Waals surface area contributed by atoms with Gasteiger partial charge in [0.05, 0.1) is 20.3 Å². The number of hydrogen-bond donors (Lipinski definition) is 1. The second kappa shape index (κ2) is 8.45. The standard InChI is InChI=1S/C17H21N3O5S/c1-23-15-2-4-16(5-3-15)25-17-12-14(6-7-18-17)13-19-26(21,22)20-8-10-24-11-9-20/h2-7,12,19H,8-11,13H2,1H3. The van der Waals surface area contributed by atoms with Gasteiger partial charge >= 0.3 is 0 Å². The van der Waals surface area contributed by atoms with E-state index in [-0.39, 0.29) is 6.54 Å². The molecule has 3 rings (SSSR count). The highest BCUT2D eigenvalue weighted by molar-refractivity contribution is 7.87. The molecule has 140 valence electrons. The molecular weight excluding hydrogens is 358 g/mol. The normalized spacial score (nSPS) is 15.6. The SMILES string of the molecule is COc1ccc(Oc2cc(CNS(=O)(=O)N3CCOCC3)ccn2)cc1. The summed E-state index contributed by atoms with van der Waals surface area (Å²) >= 11 is 0. The number of pyridine rings is 1. The van der Waals surface area contributed by atoms with Gasteiger partial charge in [0.2, 0.25) is 5.88 Å². The minimum absolute atomic E-state index is 0.154. The molecule has 9 heteroatoms. The molecule has 0 bridgehead atoms. The van der Waals surface area contributed by atoms with E-state index in [2.05, 4.69) is 9.71 Å². The molecule has 8 nitrogen and oxygen atoms in total. The first-order chi connectivity index (χ1) is 12.6. The van der Waals surface area contributed by atoms with Crippen LogP contribution in [-0.2, 0) is 21.5 Å². The molecule has 0 saturated carbocycles. The van der Waals surface area contributed by atoms with E-state index in [9.17, 15) is 8.42 Å². The van der Waals surface area contributed by atoms with E-state index in [0.717, 1.165) is 11.3 Å². The van der Waals surface area contributed by atoms with Crippen LogP contribution < -0.4 is 14.2 Å². The minimum atomic E-state index is -3.53. The van der Waals surface area contributed by atoms with Crippen molar-refractivity contribution in [2.75, 3.05) is 33.4 Å². The Labute approximate surface area is 152 Å². The van der Waals surface area contributed by atoms with Gasteiger partial charge in [-0.25, -0.2) is 4.98 Å². The van der Waals surface area contributed by atoms with Gasteiger partial charge in [0.15, 0.2) is 0 Å². The zero-order chi connectivity index (χ0) is 18.4. The predicted octanol–water partition coefficient (Wildman–Crippen LogP) is 1.55. The van der Waals surface area contributed by atoms with Gasteiger partial charge in [0.25, 0.3) is 10.2 Å². The summed E-state index contributed by atoms with van der Waals surface area (Å²) in [6.45, 7) is 1.70. The highest BCUT2D eigenvalue weighted by atomic mass is 32.2. The monoisotopic (exact) mass is 379 g/mol. The molecule has 0 radical (unpaired) electrons. The lowest BCUT2D eigenvalue weighted by Gasteiger charge is -2.26. The van der Waals surface area contributed by atoms with Crippen LogP contribution >= 0.6 is 0 Å². The smallest absolute Gasteiger partial charge is 0.279 e. The molecule has 2 aromatic rings. The van der Waals surface area contributed by atoms with Crippen molar-refractivity contribution in [1.29, 1.82) is 0 Å². The summed E-state index contributed by atoms with van der Waals surface area (Å²) in [7, 11) is -1.94. The van der Waals surface area contributed by atoms with E-state index in [1.807, 2.05) is 0 Å². The zero-order valence-corrected chi connectivity index (χ0v) is 15.2. The quantitative estimate of drug-likeness (QED) is 0.785. The van der Waals surface area contributed by atoms with Crippen molar-refractivity contribution in [1.82, 2.24) is 14.0 Å². The second-order valence-corrected chi connectivity index (χ2v) is 7.37. The molecule has 1 aliphatic heterocycles. The summed E-state index contributed by atoms with van der Waals surface area (Å²) in [5.74, 6) is 1.74. The van der Waals surface area contributed by atoms with Gasteiger partial charge in [-0.2, -0.15) is 17.4 Å². The molecular formula is C17H21N3O5S. The molecule has 1 aromatic carbocycles. The van der Waals surface area contributed by atoms with Crippen LogP contribution in [0.3, 0.4) is 0 Å². The fourth-order valence-corrected chi connectivity index (χ4v) is 3.59. The molecule has 1 aromatic heterocycles. The van der Waals surface area contributed by atoms with Crippen LogP contribution in [0.15, 0.2) is 42.6 Å². The number of rotatable bonds is 7. The molecule has 2 heterocycles. The fourth-order valence-electron chi connectivity index (χ4n) is 2.43. The van der Waals surface area contributed by atoms with Gasteiger partial charge in [-0.1, -0.05) is 0 Å². The largest absolute Gasteiger partial charge is 0.497 e. The van der Waals surface area contributed by atoms with Crippen molar-refractivity contribution < 1.29 is 22.6 Å². The molecule has 26 heavy (non-hydrogen) atoms. The predicted molar refractivity (Wildman–Crippen MR) is 95.5 cm³/mol. The van der Waals surface area contributed by atoms with E-state index in [4.69, 9.17) is 14.2 Å². The van der Waals surface area contributed by atoms with Gasteiger partial charge in [-0.15, -0.1) is 0 Å². The van der Waals surface area contributed by atoms with Gasteiger partial charge < -0.3 is 14.2 Å². The summed E-state index contributed by atoms with van der Waals surface area (Å²) in [5.41, 5.74) is 0.750. The lowest BCUT2D eigenvalue weighted by Crippen LogP contribution is -2.46. The first-order valence-corrected chi connectivity index (χ1v) is 9.60. The molecule has 0 unspecified atom stereocenters. The van der Waals surface area contributed by atoms with Crippen molar-refractivity contribution >= 4 is 10.2 Å². The van der Waals surface area contributed by atoms with Crippen LogP contribution in [0.4, 0.5) is 0 Å². The summed E-state index contributed by atoms with van der Waals surface area (Å²) in [5, 5.41) is 0. The topological polar surface area (TPSA) is 90.0 Å². The number of nitrogens with one attached hydrogen (secondary N) is 1. The Balaban J connectivity index is 1.61. The molecule has 0 aliphatic carbocycles. The number of morpholine rings is 1. The van der Waals surface area contributed by atoms with Crippen molar-refractivity contribution in [2.24, 2.45) is 0 Å². The van der Waals surface area contributed by atoms with Crippen LogP contribution in [0.25, 0.3) is 0 Å². The van der Waals surface area contributed by atoms with Crippen LogP contribution in [0.1, 0.15) is 5.56 Å². The molecule has 1 saturated heterocycles. The number of hydrogen-bond acceptors (Lipinski definition) is 6. The van der Waals surface area contributed by atoms with E-state index in [0.29, 0.717) is 37.9 Å². The van der Waals surface area contributed by atoms with Crippen molar-refractivity contribution in [2.45, 2.75) is 6.54 Å². The van der Waals surface area contributed by atoms with E-state index < -0.39 is 10.2 Å². The van der Waals surface area contributed by atoms with Crippen LogP contribution in [0.5, 0.6) is 17.4 Å². The maximum Gasteiger partial charge on any atom is 0.279 e. The van der Waals surface area contributed by atoms with Gasteiger partial charge in [0.1, 0.15) is 11.5 Å². The highest BCUT2D eigenvalue weighted by Gasteiger charge is 2.23. The van der Waals surface area contributed by atoms with E-state index in [1.165, 1.54) is 4.31 Å². The molecule has 0 amide bonds. The number of methoxy groups -OCH3 is 1. The Morgan fingerprint density at radius 3 is 2.54 bits per heavy atom. The summed E-state index contributed by atoms with van der Waals surface area (Å²) in [6, 6.07) is 10.6. The Morgan fingerprint density at radius 1 is 1.15 bits per heavy atom. The van der Waals surface area contributed by atoms with E-state index >= 15 is 0 Å². The highest BCUT2D eigenvalue weighted by Crippen LogP contribution is 2.22. The Hall–Kier alpha value is -2.20. The summed E-state index contributed by atoms with van der Waals surface area (Å²) in [6.07, 6.45) is 1.58. The van der Waals surface area contributed by atoms with Crippen LogP contribution in [0.2, 0.25) is 0 Å². The second-order valence-electron chi connectivity index (χ2n) is 5.62. The third-order valence-electron chi connectivity index (χ3n) is 3.85. The number of benzene rings is 1. The first kappa shape index (κ1) is 18.6. The van der Waals surface area contributed by atoms with Gasteiger partial charge in [-0.3, -0.25) is 0 Å². The molecule has 1 aliphatic rings. The zero-order valence-electron chi connectivity index (χ0n) is 14.4. The first-order valence-electron chi connectivity index (χ1n) is 8.16. The third-order valence-corrected chi connectivity index (χ3v) is 5.40. The lowest BCUT2D eigenvalue weighted by molar-refractivity contribution is 0.0725. The minimum Gasteiger partial charge on any atom is -0.497 e. The van der Waals surface area contributed by atoms with Crippen LogP contribution in [-0.4, -0.2) is 51.1 Å². The van der Waals surface area contributed by atoms with Gasteiger partial charge in [-0.05, 0) is 35.9 Å². The Morgan fingerprint density at radius 2 is 1.85 bits per heavy atom. The maximum atomic E-state index is 12.3. The maximum absolute atomic E-state index is 12.3. The molecule has 0 spiro atoms. The Bertz CT molecular complexity index is 821. The number of aromatic nitrogens is 1. The fraction of sp³-hybridized carbons (Fsp3) is 0.353. The molecule has 1 fully saturated rings. The molecule has 0 atom stereocenters. The number of ether oxygens (including phenoxy) is 3. The van der Waals surface area contributed by atoms with E-state index in [1.54, 1.807) is 49.7 Å². The Kier molecular flexibility index (Phi) is 6.04. The average molecular weight is 379 g/mol.